The molecule has 106 valence electrons. The molecule has 0 aromatic heterocycles. The zero-order chi connectivity index (χ0) is 13.9. The lowest BCUT2D eigenvalue weighted by Crippen LogP contribution is -2.33. The third kappa shape index (κ3) is 3.82. The number of anilines is 1. The smallest absolute Gasteiger partial charge is 0.242 e. The van der Waals surface area contributed by atoms with Crippen LogP contribution in [0.2, 0.25) is 5.02 Å². The second kappa shape index (κ2) is 6.09. The van der Waals surface area contributed by atoms with Crippen molar-refractivity contribution in [3.05, 3.63) is 23.2 Å². The van der Waals surface area contributed by atoms with E-state index < -0.39 is 10.0 Å². The van der Waals surface area contributed by atoms with Crippen LogP contribution in [0.5, 0.6) is 0 Å². The van der Waals surface area contributed by atoms with Crippen LogP contribution in [-0.2, 0) is 14.8 Å². The van der Waals surface area contributed by atoms with E-state index in [1.54, 1.807) is 0 Å². The van der Waals surface area contributed by atoms with Gasteiger partial charge >= 0.3 is 0 Å². The predicted molar refractivity (Wildman–Crippen MR) is 74.6 cm³/mol. The molecule has 1 aromatic carbocycles. The van der Waals surface area contributed by atoms with E-state index in [4.69, 9.17) is 22.1 Å². The van der Waals surface area contributed by atoms with Crippen LogP contribution in [0.15, 0.2) is 23.1 Å². The Morgan fingerprint density at radius 3 is 2.89 bits per heavy atom. The minimum absolute atomic E-state index is 0.0635. The lowest BCUT2D eigenvalue weighted by molar-refractivity contribution is 0.0568. The van der Waals surface area contributed by atoms with Crippen molar-refractivity contribution in [3.63, 3.8) is 0 Å². The lowest BCUT2D eigenvalue weighted by atomic mass is 10.0. The summed E-state index contributed by atoms with van der Waals surface area (Å²) in [7, 11) is -3.60. The highest BCUT2D eigenvalue weighted by Crippen LogP contribution is 2.22. The molecule has 5 nitrogen and oxygen atoms in total. The molecule has 2 rings (SSSR count). The fraction of sp³-hybridized carbons (Fsp3) is 0.500. The van der Waals surface area contributed by atoms with Gasteiger partial charge in [-0.1, -0.05) is 11.6 Å². The van der Waals surface area contributed by atoms with Crippen molar-refractivity contribution in [3.8, 4) is 0 Å². The number of nitrogens with one attached hydrogen (secondary N) is 1. The molecule has 0 amide bonds. The SMILES string of the molecule is Nc1cc(Cl)ccc1S(=O)(=O)NCC1CCCOC1. The summed E-state index contributed by atoms with van der Waals surface area (Å²) in [5.41, 5.74) is 5.84. The number of halogens is 1. The second-order valence-electron chi connectivity index (χ2n) is 4.62. The fourth-order valence-electron chi connectivity index (χ4n) is 2.04. The van der Waals surface area contributed by atoms with E-state index in [2.05, 4.69) is 4.72 Å². The molecule has 0 spiro atoms. The van der Waals surface area contributed by atoms with E-state index in [-0.39, 0.29) is 16.5 Å². The van der Waals surface area contributed by atoms with Crippen LogP contribution in [0.25, 0.3) is 0 Å². The van der Waals surface area contributed by atoms with Crippen LogP contribution in [0.1, 0.15) is 12.8 Å². The molecule has 1 aromatic rings. The first-order valence-electron chi connectivity index (χ1n) is 6.11. The van der Waals surface area contributed by atoms with Gasteiger partial charge in [0.1, 0.15) is 4.90 Å². The van der Waals surface area contributed by atoms with Crippen molar-refractivity contribution in [1.29, 1.82) is 0 Å². The monoisotopic (exact) mass is 304 g/mol. The molecule has 1 atom stereocenters. The molecule has 3 N–H and O–H groups in total. The van der Waals surface area contributed by atoms with E-state index in [1.165, 1.54) is 18.2 Å². The van der Waals surface area contributed by atoms with E-state index in [0.717, 1.165) is 19.4 Å². The third-order valence-electron chi connectivity index (χ3n) is 3.08. The van der Waals surface area contributed by atoms with Gasteiger partial charge in [0, 0.05) is 18.2 Å². The largest absolute Gasteiger partial charge is 0.398 e. The normalized spacial score (nSPS) is 20.4. The van der Waals surface area contributed by atoms with Crippen molar-refractivity contribution in [2.75, 3.05) is 25.5 Å². The first-order valence-corrected chi connectivity index (χ1v) is 7.97. The molecular weight excluding hydrogens is 288 g/mol. The van der Waals surface area contributed by atoms with Gasteiger partial charge < -0.3 is 10.5 Å². The van der Waals surface area contributed by atoms with Gasteiger partial charge in [0.25, 0.3) is 0 Å². The quantitative estimate of drug-likeness (QED) is 0.828. The molecule has 1 fully saturated rings. The van der Waals surface area contributed by atoms with Gasteiger partial charge in [0.15, 0.2) is 0 Å². The minimum Gasteiger partial charge on any atom is -0.398 e. The summed E-state index contributed by atoms with van der Waals surface area (Å²) >= 11 is 5.75. The molecule has 0 radical (unpaired) electrons. The Morgan fingerprint density at radius 1 is 1.47 bits per heavy atom. The van der Waals surface area contributed by atoms with Gasteiger partial charge in [-0.2, -0.15) is 0 Å². The van der Waals surface area contributed by atoms with Gasteiger partial charge in [0.2, 0.25) is 10.0 Å². The molecule has 19 heavy (non-hydrogen) atoms. The number of hydrogen-bond donors (Lipinski definition) is 2. The average Bonchev–Trinajstić information content (AvgIpc) is 2.37. The summed E-state index contributed by atoms with van der Waals surface area (Å²) in [6, 6.07) is 4.35. The van der Waals surface area contributed by atoms with E-state index in [0.29, 0.717) is 18.2 Å². The standard InChI is InChI=1S/C12H17ClN2O3S/c13-10-3-4-12(11(14)6-10)19(16,17)15-7-9-2-1-5-18-8-9/h3-4,6,9,15H,1-2,5,7-8,14H2. The molecule has 1 saturated heterocycles. The number of benzene rings is 1. The molecule has 0 saturated carbocycles. The van der Waals surface area contributed by atoms with Crippen molar-refractivity contribution in [2.45, 2.75) is 17.7 Å². The van der Waals surface area contributed by atoms with Gasteiger partial charge in [-0.15, -0.1) is 0 Å². The van der Waals surface area contributed by atoms with Gasteiger partial charge in [-0.3, -0.25) is 0 Å². The highest BCUT2D eigenvalue weighted by atomic mass is 35.5. The summed E-state index contributed by atoms with van der Waals surface area (Å²) in [6.45, 7) is 1.72. The molecule has 7 heteroatoms. The summed E-state index contributed by atoms with van der Waals surface area (Å²) < 4.78 is 32.2. The average molecular weight is 305 g/mol. The number of nitrogens with two attached hydrogens (primary N) is 1. The summed E-state index contributed by atoms with van der Waals surface area (Å²) in [6.07, 6.45) is 1.94. The van der Waals surface area contributed by atoms with E-state index >= 15 is 0 Å². The molecule has 0 bridgehead atoms. The van der Waals surface area contributed by atoms with Crippen molar-refractivity contribution in [1.82, 2.24) is 4.72 Å². The maximum Gasteiger partial charge on any atom is 0.242 e. The second-order valence-corrected chi connectivity index (χ2v) is 6.79. The maximum atomic E-state index is 12.1. The topological polar surface area (TPSA) is 81.4 Å². The zero-order valence-electron chi connectivity index (χ0n) is 10.4. The molecular formula is C12H17ClN2O3S. The fourth-order valence-corrected chi connectivity index (χ4v) is 3.45. The van der Waals surface area contributed by atoms with Crippen molar-refractivity contribution < 1.29 is 13.2 Å². The molecule has 1 unspecified atom stereocenters. The lowest BCUT2D eigenvalue weighted by Gasteiger charge is -2.22. The molecule has 1 aliphatic heterocycles. The Balaban J connectivity index is 2.05. The third-order valence-corrected chi connectivity index (χ3v) is 4.81. The molecule has 0 aliphatic carbocycles. The van der Waals surface area contributed by atoms with Gasteiger partial charge in [0.05, 0.1) is 12.3 Å². The van der Waals surface area contributed by atoms with Gasteiger partial charge in [-0.25, -0.2) is 13.1 Å². The Morgan fingerprint density at radius 2 is 2.26 bits per heavy atom. The number of rotatable bonds is 4. The van der Waals surface area contributed by atoms with Crippen LogP contribution in [0, 0.1) is 5.92 Å². The summed E-state index contributed by atoms with van der Waals surface area (Å²) in [4.78, 5) is 0.0635. The number of ether oxygens (including phenoxy) is 1. The maximum absolute atomic E-state index is 12.1. The Bertz CT molecular complexity index is 542. The van der Waals surface area contributed by atoms with Crippen LogP contribution in [0.4, 0.5) is 5.69 Å². The molecule has 1 heterocycles. The number of nitrogen functional groups attached to an aromatic ring is 1. The van der Waals surface area contributed by atoms with E-state index in [9.17, 15) is 8.42 Å². The Hall–Kier alpha value is -0.820. The van der Waals surface area contributed by atoms with E-state index in [1.807, 2.05) is 0 Å². The van der Waals surface area contributed by atoms with Crippen LogP contribution < -0.4 is 10.5 Å². The summed E-state index contributed by atoms with van der Waals surface area (Å²) in [5.74, 6) is 0.219. The first-order chi connectivity index (χ1) is 8.99. The number of hydrogen-bond acceptors (Lipinski definition) is 4. The zero-order valence-corrected chi connectivity index (χ0v) is 12.0. The number of sulfonamides is 1. The first kappa shape index (κ1) is 14.6. The van der Waals surface area contributed by atoms with Crippen molar-refractivity contribution in [2.24, 2.45) is 5.92 Å². The highest BCUT2D eigenvalue weighted by Gasteiger charge is 2.21. The van der Waals surface area contributed by atoms with Crippen molar-refractivity contribution >= 4 is 27.3 Å². The molecule has 1 aliphatic rings. The highest BCUT2D eigenvalue weighted by molar-refractivity contribution is 7.89. The van der Waals surface area contributed by atoms with Crippen LogP contribution in [0.3, 0.4) is 0 Å². The minimum atomic E-state index is -3.60. The van der Waals surface area contributed by atoms with Crippen LogP contribution >= 0.6 is 11.6 Å². The Labute approximate surface area is 118 Å². The predicted octanol–water partition coefficient (Wildman–Crippen LogP) is 1.63. The van der Waals surface area contributed by atoms with Gasteiger partial charge in [-0.05, 0) is 37.0 Å². The Kier molecular flexibility index (Phi) is 4.67. The van der Waals surface area contributed by atoms with Crippen LogP contribution in [-0.4, -0.2) is 28.2 Å². The summed E-state index contributed by atoms with van der Waals surface area (Å²) in [5, 5.41) is 0.414.